The van der Waals surface area contributed by atoms with Crippen LogP contribution < -0.4 is 10.6 Å². The average Bonchev–Trinajstić information content (AvgIpc) is 2.98. The fraction of sp³-hybridized carbons (Fsp3) is 0.562. The maximum atomic E-state index is 11.9. The van der Waals surface area contributed by atoms with Crippen LogP contribution in [0, 0.1) is 12.8 Å². The van der Waals surface area contributed by atoms with Crippen LogP contribution in [0.15, 0.2) is 24.3 Å². The van der Waals surface area contributed by atoms with Crippen LogP contribution in [-0.4, -0.2) is 60.0 Å². The van der Waals surface area contributed by atoms with Gasteiger partial charge in [0.05, 0.1) is 19.3 Å². The molecular formula is C16H25N3O3. The predicted molar refractivity (Wildman–Crippen MR) is 85.8 cm³/mol. The quantitative estimate of drug-likeness (QED) is 0.626. The molecule has 22 heavy (non-hydrogen) atoms. The minimum absolute atomic E-state index is 0.0371. The van der Waals surface area contributed by atoms with Gasteiger partial charge in [-0.3, -0.25) is 4.90 Å². The lowest BCUT2D eigenvalue weighted by Crippen LogP contribution is -2.40. The highest BCUT2D eigenvalue weighted by Gasteiger charge is 2.27. The highest BCUT2D eigenvalue weighted by atomic mass is 16.3. The summed E-state index contributed by atoms with van der Waals surface area (Å²) in [5.74, 6) is 0.351. The van der Waals surface area contributed by atoms with Gasteiger partial charge in [0, 0.05) is 18.8 Å². The molecule has 1 heterocycles. The van der Waals surface area contributed by atoms with Gasteiger partial charge in [-0.2, -0.15) is 0 Å². The number of aliphatic hydroxyl groups excluding tert-OH is 2. The van der Waals surface area contributed by atoms with Crippen LogP contribution in [0.5, 0.6) is 0 Å². The predicted octanol–water partition coefficient (Wildman–Crippen LogP) is 0.792. The van der Waals surface area contributed by atoms with Crippen molar-refractivity contribution in [3.63, 3.8) is 0 Å². The summed E-state index contributed by atoms with van der Waals surface area (Å²) in [5, 5.41) is 24.1. The monoisotopic (exact) mass is 307 g/mol. The highest BCUT2D eigenvalue weighted by molar-refractivity contribution is 5.89. The smallest absolute Gasteiger partial charge is 0.319 e. The summed E-state index contributed by atoms with van der Waals surface area (Å²) >= 11 is 0. The van der Waals surface area contributed by atoms with Crippen molar-refractivity contribution in [1.29, 1.82) is 0 Å². The third-order valence-corrected chi connectivity index (χ3v) is 4.12. The number of carbonyl (C=O) groups excluding carboxylic acids is 1. The molecule has 1 atom stereocenters. The van der Waals surface area contributed by atoms with Crippen molar-refractivity contribution < 1.29 is 15.0 Å². The number of anilines is 1. The minimum atomic E-state index is -0.205. The number of nitrogens with one attached hydrogen (secondary N) is 2. The van der Waals surface area contributed by atoms with Gasteiger partial charge in [0.25, 0.3) is 0 Å². The second-order valence-electron chi connectivity index (χ2n) is 5.87. The van der Waals surface area contributed by atoms with Gasteiger partial charge in [-0.1, -0.05) is 17.7 Å². The van der Waals surface area contributed by atoms with Crippen molar-refractivity contribution in [3.8, 4) is 0 Å². The van der Waals surface area contributed by atoms with Gasteiger partial charge >= 0.3 is 6.03 Å². The molecule has 122 valence electrons. The second-order valence-corrected chi connectivity index (χ2v) is 5.87. The number of hydrogen-bond acceptors (Lipinski definition) is 4. The molecule has 1 aromatic rings. The van der Waals surface area contributed by atoms with Crippen LogP contribution in [0.3, 0.4) is 0 Å². The molecule has 6 nitrogen and oxygen atoms in total. The SMILES string of the molecule is Cc1ccc(NC(=O)NC[C@@H]2CCN(C(CO)CO)C2)cc1. The first-order valence-corrected chi connectivity index (χ1v) is 7.69. The largest absolute Gasteiger partial charge is 0.395 e. The summed E-state index contributed by atoms with van der Waals surface area (Å²) in [6.07, 6.45) is 0.960. The van der Waals surface area contributed by atoms with Crippen molar-refractivity contribution in [2.24, 2.45) is 5.92 Å². The van der Waals surface area contributed by atoms with Crippen molar-refractivity contribution in [2.75, 3.05) is 38.2 Å². The van der Waals surface area contributed by atoms with Gasteiger partial charge in [0.15, 0.2) is 0 Å². The second kappa shape index (κ2) is 8.12. The molecule has 0 aliphatic carbocycles. The Kier molecular flexibility index (Phi) is 6.18. The number of carbonyl (C=O) groups is 1. The lowest BCUT2D eigenvalue weighted by Gasteiger charge is -2.24. The maximum absolute atomic E-state index is 11.9. The van der Waals surface area contributed by atoms with E-state index in [9.17, 15) is 15.0 Å². The molecule has 0 radical (unpaired) electrons. The Balaban J connectivity index is 1.72. The van der Waals surface area contributed by atoms with E-state index in [1.165, 1.54) is 0 Å². The van der Waals surface area contributed by atoms with E-state index in [0.717, 1.165) is 30.8 Å². The molecule has 1 aliphatic rings. The minimum Gasteiger partial charge on any atom is -0.395 e. The molecule has 2 rings (SSSR count). The Morgan fingerprint density at radius 2 is 2.00 bits per heavy atom. The van der Waals surface area contributed by atoms with E-state index in [0.29, 0.717) is 12.5 Å². The molecule has 2 amide bonds. The van der Waals surface area contributed by atoms with Gasteiger partial charge in [-0.05, 0) is 37.9 Å². The van der Waals surface area contributed by atoms with Gasteiger partial charge in [-0.25, -0.2) is 4.79 Å². The Morgan fingerprint density at radius 3 is 2.64 bits per heavy atom. The first kappa shape index (κ1) is 16.7. The Labute approximate surface area is 131 Å². The standard InChI is InChI=1S/C16H25N3O3/c1-12-2-4-14(5-3-12)18-16(22)17-8-13-6-7-19(9-13)15(10-20)11-21/h2-5,13,15,20-21H,6-11H2,1H3,(H2,17,18,22)/t13-/m0/s1. The summed E-state index contributed by atoms with van der Waals surface area (Å²) in [6.45, 7) is 4.16. The van der Waals surface area contributed by atoms with E-state index >= 15 is 0 Å². The molecule has 0 spiro atoms. The third-order valence-electron chi connectivity index (χ3n) is 4.12. The zero-order chi connectivity index (χ0) is 15.9. The molecule has 1 aliphatic heterocycles. The number of aliphatic hydroxyl groups is 2. The summed E-state index contributed by atoms with van der Waals surface area (Å²) in [5.41, 5.74) is 1.93. The molecule has 1 aromatic carbocycles. The Morgan fingerprint density at radius 1 is 1.32 bits per heavy atom. The molecule has 1 saturated heterocycles. The Bertz CT molecular complexity index is 474. The Hall–Kier alpha value is -1.63. The number of nitrogens with zero attached hydrogens (tertiary/aromatic N) is 1. The normalized spacial score (nSPS) is 18.6. The van der Waals surface area contributed by atoms with Gasteiger partial charge < -0.3 is 20.8 Å². The number of hydrogen-bond donors (Lipinski definition) is 4. The molecule has 1 fully saturated rings. The zero-order valence-electron chi connectivity index (χ0n) is 13.0. The third kappa shape index (κ3) is 4.69. The van der Waals surface area contributed by atoms with E-state index in [-0.39, 0.29) is 25.3 Å². The van der Waals surface area contributed by atoms with Gasteiger partial charge in [0.1, 0.15) is 0 Å². The van der Waals surface area contributed by atoms with E-state index in [1.54, 1.807) is 0 Å². The number of likely N-dealkylation sites (tertiary alicyclic amines) is 1. The van der Waals surface area contributed by atoms with Crippen LogP contribution in [0.25, 0.3) is 0 Å². The summed E-state index contributed by atoms with van der Waals surface area (Å²) in [4.78, 5) is 13.9. The molecular weight excluding hydrogens is 282 g/mol. The zero-order valence-corrected chi connectivity index (χ0v) is 13.0. The number of rotatable bonds is 6. The molecule has 0 unspecified atom stereocenters. The highest BCUT2D eigenvalue weighted by Crippen LogP contribution is 2.18. The topological polar surface area (TPSA) is 84.8 Å². The van der Waals surface area contributed by atoms with Crippen LogP contribution in [0.2, 0.25) is 0 Å². The fourth-order valence-electron chi connectivity index (χ4n) is 2.70. The van der Waals surface area contributed by atoms with E-state index < -0.39 is 0 Å². The summed E-state index contributed by atoms with van der Waals surface area (Å²) < 4.78 is 0. The first-order chi connectivity index (χ1) is 10.6. The van der Waals surface area contributed by atoms with Crippen LogP contribution in [-0.2, 0) is 0 Å². The van der Waals surface area contributed by atoms with Gasteiger partial charge in [0.2, 0.25) is 0 Å². The number of amides is 2. The number of benzene rings is 1. The average molecular weight is 307 g/mol. The summed E-state index contributed by atoms with van der Waals surface area (Å²) in [7, 11) is 0. The van der Waals surface area contributed by atoms with Crippen molar-refractivity contribution in [3.05, 3.63) is 29.8 Å². The molecule has 0 saturated carbocycles. The van der Waals surface area contributed by atoms with E-state index in [4.69, 9.17) is 0 Å². The maximum Gasteiger partial charge on any atom is 0.319 e. The summed E-state index contributed by atoms with van der Waals surface area (Å²) in [6, 6.07) is 7.26. The lowest BCUT2D eigenvalue weighted by molar-refractivity contribution is 0.0880. The van der Waals surface area contributed by atoms with Crippen molar-refractivity contribution in [2.45, 2.75) is 19.4 Å². The van der Waals surface area contributed by atoms with Crippen LogP contribution >= 0.6 is 0 Å². The first-order valence-electron chi connectivity index (χ1n) is 7.69. The van der Waals surface area contributed by atoms with Crippen LogP contribution in [0.4, 0.5) is 10.5 Å². The fourth-order valence-corrected chi connectivity index (χ4v) is 2.70. The van der Waals surface area contributed by atoms with Gasteiger partial charge in [-0.15, -0.1) is 0 Å². The van der Waals surface area contributed by atoms with E-state index in [2.05, 4.69) is 15.5 Å². The molecule has 6 heteroatoms. The lowest BCUT2D eigenvalue weighted by atomic mass is 10.1. The molecule has 0 aromatic heterocycles. The van der Waals surface area contributed by atoms with Crippen molar-refractivity contribution >= 4 is 11.7 Å². The number of aryl methyl sites for hydroxylation is 1. The van der Waals surface area contributed by atoms with E-state index in [1.807, 2.05) is 31.2 Å². The van der Waals surface area contributed by atoms with Crippen LogP contribution in [0.1, 0.15) is 12.0 Å². The number of urea groups is 1. The molecule has 0 bridgehead atoms. The molecule has 4 N–H and O–H groups in total. The van der Waals surface area contributed by atoms with Crippen molar-refractivity contribution in [1.82, 2.24) is 10.2 Å².